The molecule has 164 valence electrons. The van der Waals surface area contributed by atoms with Gasteiger partial charge in [0.05, 0.1) is 16.8 Å². The van der Waals surface area contributed by atoms with E-state index in [2.05, 4.69) is 5.32 Å². The van der Waals surface area contributed by atoms with Gasteiger partial charge in [0.15, 0.2) is 5.78 Å². The number of ketones is 1. The first-order chi connectivity index (χ1) is 13.6. The SMILES string of the molecule is CC(=O)c1cc(C=C(CNC(=O)OC(C)(C)C)B2OC(C)(C)C(C)(C)O2)ccc1F. The number of ether oxygens (including phenoxy) is 1. The predicted molar refractivity (Wildman–Crippen MR) is 115 cm³/mol. The van der Waals surface area contributed by atoms with Crippen LogP contribution in [0.4, 0.5) is 9.18 Å². The fourth-order valence-corrected chi connectivity index (χ4v) is 2.80. The molecule has 0 radical (unpaired) electrons. The number of rotatable bonds is 5. The van der Waals surface area contributed by atoms with Crippen LogP contribution < -0.4 is 5.32 Å². The number of alkyl carbamates (subject to hydrolysis) is 1. The van der Waals surface area contributed by atoms with Gasteiger partial charge >= 0.3 is 13.2 Å². The third-order valence-electron chi connectivity index (χ3n) is 5.11. The number of Topliss-reactive ketones (excluding diaryl/α,β-unsaturated/α-hetero) is 1. The Hall–Kier alpha value is -2.19. The number of hydrogen-bond donors (Lipinski definition) is 1. The van der Waals surface area contributed by atoms with Crippen molar-refractivity contribution in [3.8, 4) is 0 Å². The summed E-state index contributed by atoms with van der Waals surface area (Å²) in [6.07, 6.45) is 1.15. The van der Waals surface area contributed by atoms with E-state index in [1.165, 1.54) is 19.1 Å². The molecule has 0 unspecified atom stereocenters. The molecule has 1 aromatic carbocycles. The number of halogens is 1. The fraction of sp³-hybridized carbons (Fsp3) is 0.545. The van der Waals surface area contributed by atoms with Crippen LogP contribution in [0.25, 0.3) is 6.08 Å². The molecule has 8 heteroatoms. The van der Waals surface area contributed by atoms with Crippen molar-refractivity contribution in [2.75, 3.05) is 6.54 Å². The lowest BCUT2D eigenvalue weighted by atomic mass is 9.77. The maximum absolute atomic E-state index is 13.9. The molecule has 0 aliphatic carbocycles. The lowest BCUT2D eigenvalue weighted by Crippen LogP contribution is -2.41. The molecular formula is C22H31BFNO5. The van der Waals surface area contributed by atoms with Gasteiger partial charge in [-0.25, -0.2) is 9.18 Å². The first-order valence-corrected chi connectivity index (χ1v) is 9.95. The predicted octanol–water partition coefficient (Wildman–Crippen LogP) is 4.57. The van der Waals surface area contributed by atoms with Gasteiger partial charge in [-0.3, -0.25) is 4.79 Å². The van der Waals surface area contributed by atoms with Gasteiger partial charge in [-0.15, -0.1) is 0 Å². The maximum Gasteiger partial charge on any atom is 0.492 e. The average molecular weight is 419 g/mol. The van der Waals surface area contributed by atoms with E-state index in [0.29, 0.717) is 11.0 Å². The van der Waals surface area contributed by atoms with Crippen molar-refractivity contribution in [2.24, 2.45) is 0 Å². The number of carbonyl (C=O) groups excluding carboxylic acids is 2. The number of benzene rings is 1. The zero-order valence-corrected chi connectivity index (χ0v) is 19.0. The summed E-state index contributed by atoms with van der Waals surface area (Å²) in [5.41, 5.74) is -0.576. The van der Waals surface area contributed by atoms with Crippen LogP contribution in [0, 0.1) is 5.82 Å². The second-order valence-electron chi connectivity index (χ2n) is 9.46. The van der Waals surface area contributed by atoms with Crippen LogP contribution in [0.15, 0.2) is 23.7 Å². The molecule has 0 atom stereocenters. The molecule has 1 amide bonds. The second kappa shape index (κ2) is 8.51. The third kappa shape index (κ3) is 5.92. The number of nitrogens with one attached hydrogen (secondary N) is 1. The van der Waals surface area contributed by atoms with Crippen LogP contribution in [-0.2, 0) is 14.0 Å². The minimum atomic E-state index is -0.726. The van der Waals surface area contributed by atoms with Crippen LogP contribution in [0.3, 0.4) is 0 Å². The maximum atomic E-state index is 13.9. The minimum absolute atomic E-state index is 0.00267. The van der Waals surface area contributed by atoms with Crippen LogP contribution in [0.2, 0.25) is 0 Å². The molecule has 1 N–H and O–H groups in total. The molecule has 2 rings (SSSR count). The van der Waals surface area contributed by atoms with Crippen molar-refractivity contribution in [3.05, 3.63) is 40.6 Å². The topological polar surface area (TPSA) is 73.9 Å². The van der Waals surface area contributed by atoms with E-state index < -0.39 is 35.8 Å². The Morgan fingerprint density at radius 1 is 1.17 bits per heavy atom. The Bertz CT molecular complexity index is 842. The molecule has 0 saturated carbocycles. The van der Waals surface area contributed by atoms with E-state index in [0.717, 1.165) is 0 Å². The molecule has 0 spiro atoms. The Kier molecular flexibility index (Phi) is 6.84. The summed E-state index contributed by atoms with van der Waals surface area (Å²) in [6.45, 7) is 14.5. The molecule has 0 bridgehead atoms. The summed E-state index contributed by atoms with van der Waals surface area (Å²) >= 11 is 0. The molecule has 1 aliphatic heterocycles. The van der Waals surface area contributed by atoms with Gasteiger partial charge in [0, 0.05) is 6.54 Å². The normalized spacial score (nSPS) is 18.3. The van der Waals surface area contributed by atoms with Crippen LogP contribution >= 0.6 is 0 Å². The highest BCUT2D eigenvalue weighted by molar-refractivity contribution is 6.56. The lowest BCUT2D eigenvalue weighted by Gasteiger charge is -2.32. The molecule has 1 fully saturated rings. The highest BCUT2D eigenvalue weighted by Gasteiger charge is 2.52. The Morgan fingerprint density at radius 3 is 2.23 bits per heavy atom. The molecule has 1 heterocycles. The van der Waals surface area contributed by atoms with Crippen LogP contribution in [0.1, 0.15) is 71.3 Å². The molecular weight excluding hydrogens is 388 g/mol. The monoisotopic (exact) mass is 419 g/mol. The Labute approximate surface area is 178 Å². The molecule has 6 nitrogen and oxygen atoms in total. The third-order valence-corrected chi connectivity index (χ3v) is 5.11. The van der Waals surface area contributed by atoms with Gasteiger partial charge in [-0.05, 0) is 78.6 Å². The summed E-state index contributed by atoms with van der Waals surface area (Å²) in [5, 5.41) is 2.71. The van der Waals surface area contributed by atoms with Gasteiger partial charge in [-0.1, -0.05) is 12.1 Å². The minimum Gasteiger partial charge on any atom is -0.444 e. The quantitative estimate of drug-likeness (QED) is 0.559. The first kappa shape index (κ1) is 24.1. The molecule has 30 heavy (non-hydrogen) atoms. The number of amides is 1. The molecule has 0 aromatic heterocycles. The van der Waals surface area contributed by atoms with E-state index in [1.807, 2.05) is 27.7 Å². The zero-order chi connectivity index (χ0) is 22.9. The Morgan fingerprint density at radius 2 is 1.73 bits per heavy atom. The van der Waals surface area contributed by atoms with Gasteiger partial charge in [-0.2, -0.15) is 0 Å². The van der Waals surface area contributed by atoms with Crippen molar-refractivity contribution in [1.82, 2.24) is 5.32 Å². The molecule has 1 aromatic rings. The summed E-state index contributed by atoms with van der Waals surface area (Å²) in [6, 6.07) is 4.27. The van der Waals surface area contributed by atoms with Gasteiger partial charge in [0.1, 0.15) is 11.4 Å². The Balaban J connectivity index is 2.34. The van der Waals surface area contributed by atoms with E-state index >= 15 is 0 Å². The van der Waals surface area contributed by atoms with E-state index in [9.17, 15) is 14.0 Å². The van der Waals surface area contributed by atoms with Crippen molar-refractivity contribution in [1.29, 1.82) is 0 Å². The number of carbonyl (C=O) groups is 2. The van der Waals surface area contributed by atoms with Crippen molar-refractivity contribution in [3.63, 3.8) is 0 Å². The second-order valence-corrected chi connectivity index (χ2v) is 9.46. The smallest absolute Gasteiger partial charge is 0.444 e. The number of hydrogen-bond acceptors (Lipinski definition) is 5. The summed E-state index contributed by atoms with van der Waals surface area (Å²) < 4.78 is 31.4. The average Bonchev–Trinajstić information content (AvgIpc) is 2.78. The highest BCUT2D eigenvalue weighted by Crippen LogP contribution is 2.38. The van der Waals surface area contributed by atoms with Crippen LogP contribution in [0.5, 0.6) is 0 Å². The van der Waals surface area contributed by atoms with E-state index in [1.54, 1.807) is 32.9 Å². The van der Waals surface area contributed by atoms with Gasteiger partial charge in [0.2, 0.25) is 0 Å². The molecule has 1 aliphatic rings. The summed E-state index contributed by atoms with van der Waals surface area (Å²) in [7, 11) is -0.726. The van der Waals surface area contributed by atoms with E-state index in [4.69, 9.17) is 14.0 Å². The highest BCUT2D eigenvalue weighted by atomic mass is 19.1. The van der Waals surface area contributed by atoms with Gasteiger partial charge in [0.25, 0.3) is 0 Å². The first-order valence-electron chi connectivity index (χ1n) is 9.95. The summed E-state index contributed by atoms with van der Waals surface area (Å²) in [5.74, 6) is -0.949. The summed E-state index contributed by atoms with van der Waals surface area (Å²) in [4.78, 5) is 23.8. The fourth-order valence-electron chi connectivity index (χ4n) is 2.80. The van der Waals surface area contributed by atoms with Crippen LogP contribution in [-0.4, -0.2) is 42.3 Å². The molecule has 1 saturated heterocycles. The van der Waals surface area contributed by atoms with Crippen molar-refractivity contribution >= 4 is 25.1 Å². The van der Waals surface area contributed by atoms with Crippen molar-refractivity contribution in [2.45, 2.75) is 72.2 Å². The van der Waals surface area contributed by atoms with Crippen molar-refractivity contribution < 1.29 is 28.0 Å². The standard InChI is InChI=1S/C22H31BFNO5/c1-14(26)17-12-15(9-10-18(17)24)11-16(13-25-19(27)28-20(2,3)4)23-29-21(5,6)22(7,8)30-23/h9-12H,13H2,1-8H3,(H,25,27). The van der Waals surface area contributed by atoms with Gasteiger partial charge < -0.3 is 19.4 Å². The zero-order valence-electron chi connectivity index (χ0n) is 19.0. The van der Waals surface area contributed by atoms with E-state index in [-0.39, 0.29) is 17.9 Å². The lowest BCUT2D eigenvalue weighted by molar-refractivity contribution is 0.00578. The largest absolute Gasteiger partial charge is 0.492 e.